The number of methoxy groups -OCH3 is 1. The summed E-state index contributed by atoms with van der Waals surface area (Å²) >= 11 is 0. The molecule has 0 fully saturated rings. The molecule has 1 unspecified atom stereocenters. The maximum atomic E-state index is 12.8. The van der Waals surface area contributed by atoms with Crippen molar-refractivity contribution < 1.29 is 14.3 Å². The summed E-state index contributed by atoms with van der Waals surface area (Å²) in [6.07, 6.45) is 4.66. The third-order valence-electron chi connectivity index (χ3n) is 5.29. The van der Waals surface area contributed by atoms with Crippen LogP contribution in [0, 0.1) is 5.41 Å². The fourth-order valence-electron chi connectivity index (χ4n) is 3.65. The highest BCUT2D eigenvalue weighted by Crippen LogP contribution is 2.31. The summed E-state index contributed by atoms with van der Waals surface area (Å²) in [5, 5.41) is 15.5. The molecular formula is C25H24N8O4. The van der Waals surface area contributed by atoms with E-state index in [0.717, 1.165) is 15.8 Å². The lowest BCUT2D eigenvalue weighted by Crippen LogP contribution is -2.18. The van der Waals surface area contributed by atoms with Crippen LogP contribution in [0.15, 0.2) is 66.2 Å². The van der Waals surface area contributed by atoms with E-state index in [2.05, 4.69) is 31.9 Å². The number of carbonyl (C=O) groups excluding carboxylic acids is 1. The summed E-state index contributed by atoms with van der Waals surface area (Å²) in [7, 11) is 1.56. The van der Waals surface area contributed by atoms with Crippen molar-refractivity contribution in [2.75, 3.05) is 12.4 Å². The zero-order valence-corrected chi connectivity index (χ0v) is 20.1. The van der Waals surface area contributed by atoms with Gasteiger partial charge >= 0.3 is 11.7 Å². The van der Waals surface area contributed by atoms with Gasteiger partial charge in [0.25, 0.3) is 5.95 Å². The number of hydrogen-bond acceptors (Lipinski definition) is 9. The molecule has 5 N–H and O–H groups in total. The number of nitrogens with two attached hydrogens (primary N) is 1. The van der Waals surface area contributed by atoms with Gasteiger partial charge in [-0.05, 0) is 35.9 Å². The first-order valence-electron chi connectivity index (χ1n) is 11.0. The summed E-state index contributed by atoms with van der Waals surface area (Å²) < 4.78 is 11.7. The van der Waals surface area contributed by atoms with Crippen molar-refractivity contribution in [1.82, 2.24) is 24.7 Å². The van der Waals surface area contributed by atoms with Crippen LogP contribution >= 0.6 is 0 Å². The molecule has 2 aromatic heterocycles. The van der Waals surface area contributed by atoms with Gasteiger partial charge in [-0.25, -0.2) is 14.8 Å². The highest BCUT2D eigenvalue weighted by Gasteiger charge is 2.23. The summed E-state index contributed by atoms with van der Waals surface area (Å²) in [5.74, 6) is 0.295. The largest absolute Gasteiger partial charge is 0.496 e. The van der Waals surface area contributed by atoms with Crippen molar-refractivity contribution in [3.8, 4) is 17.4 Å². The van der Waals surface area contributed by atoms with Crippen LogP contribution in [0.3, 0.4) is 0 Å². The summed E-state index contributed by atoms with van der Waals surface area (Å²) in [6.45, 7) is 5.10. The van der Waals surface area contributed by atoms with Crippen LogP contribution in [0.2, 0.25) is 0 Å². The van der Waals surface area contributed by atoms with Crippen LogP contribution in [0.5, 0.6) is 11.5 Å². The highest BCUT2D eigenvalue weighted by atomic mass is 16.5. The SMILES string of the molecule is C=Cc1cc(C(Nc2ccc(C(=N)N)c(OC(C)=O)c2)c2nn(-c3ncccn3)c(=O)[nH]2)ccc1OC. The number of nitrogen functional groups attached to an aromatic ring is 1. The molecule has 0 aliphatic heterocycles. The third kappa shape index (κ3) is 5.37. The van der Waals surface area contributed by atoms with Crippen LogP contribution in [0.4, 0.5) is 5.69 Å². The van der Waals surface area contributed by atoms with E-state index in [-0.39, 0.29) is 28.9 Å². The molecule has 1 atom stereocenters. The zero-order chi connectivity index (χ0) is 26.5. The molecule has 0 saturated carbocycles. The molecule has 0 radical (unpaired) electrons. The molecule has 0 saturated heterocycles. The van der Waals surface area contributed by atoms with Gasteiger partial charge in [0.05, 0.1) is 12.7 Å². The number of hydrogen-bond donors (Lipinski definition) is 4. The number of H-pyrrole nitrogens is 1. The lowest BCUT2D eigenvalue weighted by atomic mass is 10.0. The minimum Gasteiger partial charge on any atom is -0.496 e. The minimum atomic E-state index is -0.685. The highest BCUT2D eigenvalue weighted by molar-refractivity contribution is 5.98. The Bertz CT molecular complexity index is 1530. The first-order chi connectivity index (χ1) is 17.8. The number of esters is 1. The average molecular weight is 501 g/mol. The number of anilines is 1. The first-order valence-corrected chi connectivity index (χ1v) is 11.0. The van der Waals surface area contributed by atoms with E-state index in [9.17, 15) is 9.59 Å². The Hall–Kier alpha value is -5.26. The second kappa shape index (κ2) is 10.6. The third-order valence-corrected chi connectivity index (χ3v) is 5.29. The Morgan fingerprint density at radius 2 is 1.97 bits per heavy atom. The Morgan fingerprint density at radius 1 is 1.22 bits per heavy atom. The van der Waals surface area contributed by atoms with Crippen LogP contribution in [0.1, 0.15) is 35.5 Å². The fourth-order valence-corrected chi connectivity index (χ4v) is 3.65. The zero-order valence-electron chi connectivity index (χ0n) is 20.1. The van der Waals surface area contributed by atoms with Gasteiger partial charge in [-0.1, -0.05) is 18.7 Å². The Kier molecular flexibility index (Phi) is 7.09. The van der Waals surface area contributed by atoms with Gasteiger partial charge in [-0.15, -0.1) is 9.78 Å². The van der Waals surface area contributed by atoms with E-state index < -0.39 is 17.7 Å². The molecule has 4 aromatic rings. The Labute approximate surface area is 211 Å². The van der Waals surface area contributed by atoms with E-state index in [1.807, 2.05) is 12.1 Å². The lowest BCUT2D eigenvalue weighted by molar-refractivity contribution is -0.131. The molecule has 12 nitrogen and oxygen atoms in total. The molecule has 0 amide bonds. The van der Waals surface area contributed by atoms with Crippen molar-refractivity contribution in [3.63, 3.8) is 0 Å². The topological polar surface area (TPSA) is 174 Å². The molecule has 2 aromatic carbocycles. The van der Waals surface area contributed by atoms with E-state index in [0.29, 0.717) is 11.4 Å². The quantitative estimate of drug-likeness (QED) is 0.116. The normalized spacial score (nSPS) is 11.4. The molecule has 0 bridgehead atoms. The second-order valence-electron chi connectivity index (χ2n) is 7.78. The van der Waals surface area contributed by atoms with Crippen molar-refractivity contribution in [2.45, 2.75) is 13.0 Å². The molecule has 2 heterocycles. The van der Waals surface area contributed by atoms with Crippen LogP contribution < -0.4 is 26.2 Å². The molecule has 188 valence electrons. The van der Waals surface area contributed by atoms with Crippen LogP contribution in [0.25, 0.3) is 12.0 Å². The standard InChI is InChI=1S/C25H24N8O4/c1-4-15-12-16(6-9-19(15)36-3)21(23-31-25(35)33(32-23)24-28-10-5-11-29-24)30-17-7-8-18(22(26)27)20(13-17)37-14(2)34/h4-13,21,30H,1H2,2-3H3,(H3,26,27)(H,31,32,35). The second-order valence-corrected chi connectivity index (χ2v) is 7.78. The average Bonchev–Trinajstić information content (AvgIpc) is 3.28. The van der Waals surface area contributed by atoms with Crippen LogP contribution in [-0.2, 0) is 4.79 Å². The molecule has 4 rings (SSSR count). The number of nitrogens with one attached hydrogen (secondary N) is 3. The van der Waals surface area contributed by atoms with Crippen molar-refractivity contribution in [3.05, 3.63) is 94.4 Å². The number of rotatable bonds is 9. The first kappa shape index (κ1) is 24.9. The van der Waals surface area contributed by atoms with E-state index >= 15 is 0 Å². The molecule has 0 aliphatic rings. The van der Waals surface area contributed by atoms with Crippen molar-refractivity contribution in [1.29, 1.82) is 5.41 Å². The number of ether oxygens (including phenoxy) is 2. The van der Waals surface area contributed by atoms with Crippen molar-refractivity contribution in [2.24, 2.45) is 5.73 Å². The molecule has 0 aliphatic carbocycles. The monoisotopic (exact) mass is 500 g/mol. The predicted octanol–water partition coefficient (Wildman–Crippen LogP) is 2.41. The molecule has 37 heavy (non-hydrogen) atoms. The summed E-state index contributed by atoms with van der Waals surface area (Å²) in [6, 6.07) is 11.2. The molecular weight excluding hydrogens is 476 g/mol. The van der Waals surface area contributed by atoms with Gasteiger partial charge < -0.3 is 20.5 Å². The van der Waals surface area contributed by atoms with Crippen molar-refractivity contribution >= 4 is 23.6 Å². The molecule has 0 spiro atoms. The van der Waals surface area contributed by atoms with Gasteiger partial charge in [0.1, 0.15) is 23.4 Å². The number of aromatic amines is 1. The summed E-state index contributed by atoms with van der Waals surface area (Å²) in [4.78, 5) is 35.3. The van der Waals surface area contributed by atoms with E-state index in [1.54, 1.807) is 43.5 Å². The minimum absolute atomic E-state index is 0.109. The summed E-state index contributed by atoms with van der Waals surface area (Å²) in [5.41, 5.74) is 7.33. The van der Waals surface area contributed by atoms with Gasteiger partial charge in [0.2, 0.25) is 0 Å². The fraction of sp³-hybridized carbons (Fsp3) is 0.120. The maximum absolute atomic E-state index is 12.8. The van der Waals surface area contributed by atoms with Gasteiger partial charge in [-0.3, -0.25) is 15.2 Å². The van der Waals surface area contributed by atoms with E-state index in [4.69, 9.17) is 20.6 Å². The van der Waals surface area contributed by atoms with Crippen LogP contribution in [-0.4, -0.2) is 43.6 Å². The van der Waals surface area contributed by atoms with Gasteiger partial charge in [-0.2, -0.15) is 0 Å². The lowest BCUT2D eigenvalue weighted by Gasteiger charge is -2.20. The number of aromatic nitrogens is 5. The number of carbonyl (C=O) groups is 1. The van der Waals surface area contributed by atoms with E-state index in [1.165, 1.54) is 19.3 Å². The smallest absolute Gasteiger partial charge is 0.350 e. The van der Waals surface area contributed by atoms with Gasteiger partial charge in [0, 0.05) is 36.6 Å². The number of benzene rings is 2. The number of nitrogens with zero attached hydrogens (tertiary/aromatic N) is 4. The number of amidine groups is 1. The maximum Gasteiger partial charge on any atom is 0.350 e. The molecule has 12 heteroatoms. The van der Waals surface area contributed by atoms with Gasteiger partial charge in [0.15, 0.2) is 5.82 Å². The Balaban J connectivity index is 1.83. The predicted molar refractivity (Wildman–Crippen MR) is 137 cm³/mol. The Morgan fingerprint density at radius 3 is 2.62 bits per heavy atom.